The largest absolute Gasteiger partial charge is 0.489 e. The van der Waals surface area contributed by atoms with Crippen molar-refractivity contribution in [2.24, 2.45) is 0 Å². The first kappa shape index (κ1) is 21.5. The number of hydrogen-bond donors (Lipinski definition) is 2. The van der Waals surface area contributed by atoms with E-state index in [1.165, 1.54) is 5.56 Å². The number of nitrogens with one attached hydrogen (secondary N) is 2. The summed E-state index contributed by atoms with van der Waals surface area (Å²) in [6.45, 7) is 3.15. The maximum atomic E-state index is 9.63. The number of rotatable bonds is 8. The Morgan fingerprint density at radius 1 is 1.00 bits per heavy atom. The smallest absolute Gasteiger partial charge is 0.166 e. The monoisotopic (exact) mass is 442 g/mol. The van der Waals surface area contributed by atoms with Crippen molar-refractivity contribution in [3.63, 3.8) is 0 Å². The molecule has 0 saturated heterocycles. The van der Waals surface area contributed by atoms with Gasteiger partial charge in [0.15, 0.2) is 5.82 Å². The number of aromatic amines is 1. The molecule has 6 heteroatoms. The molecular formula is C26H23ClN4O. The SMILES string of the molecule is Cc1ccc(COc2ccc(CNc3n[nH]c(Cc4cccc(Cl)c4)c3C#N)cc2)cc1. The summed E-state index contributed by atoms with van der Waals surface area (Å²) in [6.07, 6.45) is 0.561. The van der Waals surface area contributed by atoms with Gasteiger partial charge in [-0.15, -0.1) is 0 Å². The van der Waals surface area contributed by atoms with Crippen molar-refractivity contribution in [1.29, 1.82) is 5.26 Å². The number of nitriles is 1. The molecule has 1 heterocycles. The number of nitrogens with zero attached hydrogens (tertiary/aromatic N) is 2. The first-order chi connectivity index (χ1) is 15.6. The molecule has 5 nitrogen and oxygen atoms in total. The highest BCUT2D eigenvalue weighted by molar-refractivity contribution is 6.30. The fraction of sp³-hybridized carbons (Fsp3) is 0.154. The summed E-state index contributed by atoms with van der Waals surface area (Å²) in [5.74, 6) is 1.36. The van der Waals surface area contributed by atoms with Crippen molar-refractivity contribution in [3.05, 3.63) is 111 Å². The minimum absolute atomic E-state index is 0.517. The van der Waals surface area contributed by atoms with E-state index in [1.807, 2.05) is 48.5 Å². The zero-order chi connectivity index (χ0) is 22.3. The third kappa shape index (κ3) is 5.48. The van der Waals surface area contributed by atoms with E-state index < -0.39 is 0 Å². The van der Waals surface area contributed by atoms with Crippen LogP contribution in [0.3, 0.4) is 0 Å². The summed E-state index contributed by atoms with van der Waals surface area (Å²) in [6, 6.07) is 26.1. The molecule has 32 heavy (non-hydrogen) atoms. The Bertz CT molecular complexity index is 1220. The molecule has 1 aromatic heterocycles. The van der Waals surface area contributed by atoms with E-state index in [4.69, 9.17) is 16.3 Å². The van der Waals surface area contributed by atoms with E-state index in [1.54, 1.807) is 0 Å². The molecule has 0 aliphatic carbocycles. The topological polar surface area (TPSA) is 73.7 Å². The number of anilines is 1. The van der Waals surface area contributed by atoms with Gasteiger partial charge in [-0.25, -0.2) is 0 Å². The van der Waals surface area contributed by atoms with Crippen LogP contribution in [0.5, 0.6) is 5.75 Å². The van der Waals surface area contributed by atoms with Gasteiger partial charge in [0.25, 0.3) is 0 Å². The van der Waals surface area contributed by atoms with Crippen molar-refractivity contribution in [1.82, 2.24) is 10.2 Å². The molecule has 0 spiro atoms. The normalized spacial score (nSPS) is 10.5. The molecule has 2 N–H and O–H groups in total. The predicted molar refractivity (Wildman–Crippen MR) is 127 cm³/mol. The molecule has 160 valence electrons. The number of benzene rings is 3. The molecule has 0 unspecified atom stereocenters. The van der Waals surface area contributed by atoms with Crippen LogP contribution in [-0.4, -0.2) is 10.2 Å². The fourth-order valence-electron chi connectivity index (χ4n) is 3.35. The second-order valence-corrected chi connectivity index (χ2v) is 8.05. The first-order valence-corrected chi connectivity index (χ1v) is 10.7. The van der Waals surface area contributed by atoms with Crippen molar-refractivity contribution >= 4 is 17.4 Å². The van der Waals surface area contributed by atoms with Gasteiger partial charge < -0.3 is 10.1 Å². The van der Waals surface area contributed by atoms with Gasteiger partial charge in [0.1, 0.15) is 24.0 Å². The summed E-state index contributed by atoms with van der Waals surface area (Å²) < 4.78 is 5.86. The molecule has 3 aromatic carbocycles. The standard InChI is InChI=1S/C26H23ClN4O/c1-18-5-7-20(8-6-18)17-32-23-11-9-19(10-12-23)16-29-26-24(15-28)25(30-31-26)14-21-3-2-4-22(27)13-21/h2-13H,14,16-17H2,1H3,(H2,29,30,31). The number of H-pyrrole nitrogens is 1. The lowest BCUT2D eigenvalue weighted by atomic mass is 10.1. The van der Waals surface area contributed by atoms with Crippen LogP contribution in [0, 0.1) is 18.3 Å². The zero-order valence-electron chi connectivity index (χ0n) is 17.7. The molecule has 0 aliphatic rings. The minimum Gasteiger partial charge on any atom is -0.489 e. The highest BCUT2D eigenvalue weighted by atomic mass is 35.5. The van der Waals surface area contributed by atoms with E-state index in [9.17, 15) is 5.26 Å². The van der Waals surface area contributed by atoms with Gasteiger partial charge in [-0.2, -0.15) is 10.4 Å². The minimum atomic E-state index is 0.517. The van der Waals surface area contributed by atoms with Crippen LogP contribution in [0.25, 0.3) is 0 Å². The van der Waals surface area contributed by atoms with Crippen LogP contribution in [-0.2, 0) is 19.6 Å². The number of ether oxygens (including phenoxy) is 1. The zero-order valence-corrected chi connectivity index (χ0v) is 18.5. The summed E-state index contributed by atoms with van der Waals surface area (Å²) >= 11 is 6.06. The van der Waals surface area contributed by atoms with Crippen LogP contribution in [0.4, 0.5) is 5.82 Å². The van der Waals surface area contributed by atoms with Gasteiger partial charge in [-0.1, -0.05) is 65.7 Å². The Morgan fingerprint density at radius 3 is 2.47 bits per heavy atom. The number of halogens is 1. The first-order valence-electron chi connectivity index (χ1n) is 10.3. The van der Waals surface area contributed by atoms with Crippen molar-refractivity contribution in [2.45, 2.75) is 26.5 Å². The lowest BCUT2D eigenvalue weighted by Gasteiger charge is -2.08. The van der Waals surface area contributed by atoms with Crippen LogP contribution < -0.4 is 10.1 Å². The van der Waals surface area contributed by atoms with Gasteiger partial charge in [-0.05, 0) is 47.9 Å². The van der Waals surface area contributed by atoms with E-state index in [-0.39, 0.29) is 0 Å². The Balaban J connectivity index is 1.34. The molecule has 0 radical (unpaired) electrons. The fourth-order valence-corrected chi connectivity index (χ4v) is 3.56. The molecule has 4 rings (SSSR count). The van der Waals surface area contributed by atoms with Crippen LogP contribution in [0.2, 0.25) is 5.02 Å². The third-order valence-corrected chi connectivity index (χ3v) is 5.37. The third-order valence-electron chi connectivity index (χ3n) is 5.13. The Kier molecular flexibility index (Phi) is 6.74. The quantitative estimate of drug-likeness (QED) is 0.349. The van der Waals surface area contributed by atoms with Crippen LogP contribution >= 0.6 is 11.6 Å². The van der Waals surface area contributed by atoms with Crippen molar-refractivity contribution in [2.75, 3.05) is 5.32 Å². The van der Waals surface area contributed by atoms with Gasteiger partial charge in [-0.3, -0.25) is 5.10 Å². The van der Waals surface area contributed by atoms with Gasteiger partial charge >= 0.3 is 0 Å². The molecule has 0 amide bonds. The van der Waals surface area contributed by atoms with Gasteiger partial charge in [0.05, 0.1) is 5.69 Å². The van der Waals surface area contributed by atoms with Crippen molar-refractivity contribution < 1.29 is 4.74 Å². The molecular weight excluding hydrogens is 420 g/mol. The summed E-state index contributed by atoms with van der Waals surface area (Å²) in [4.78, 5) is 0. The molecule has 0 aliphatic heterocycles. The van der Waals surface area contributed by atoms with Gasteiger partial charge in [0, 0.05) is 18.0 Å². The second kappa shape index (κ2) is 10.0. The maximum Gasteiger partial charge on any atom is 0.166 e. The molecule has 0 atom stereocenters. The lowest BCUT2D eigenvalue weighted by Crippen LogP contribution is -2.02. The Morgan fingerprint density at radius 2 is 1.75 bits per heavy atom. The number of hydrogen-bond acceptors (Lipinski definition) is 4. The Hall–Kier alpha value is -3.75. The van der Waals surface area contributed by atoms with E-state index >= 15 is 0 Å². The van der Waals surface area contributed by atoms with Gasteiger partial charge in [0.2, 0.25) is 0 Å². The lowest BCUT2D eigenvalue weighted by molar-refractivity contribution is 0.306. The average Bonchev–Trinajstić information content (AvgIpc) is 3.19. The van der Waals surface area contributed by atoms with E-state index in [0.717, 1.165) is 28.1 Å². The maximum absolute atomic E-state index is 9.63. The second-order valence-electron chi connectivity index (χ2n) is 7.62. The molecule has 0 fully saturated rings. The number of aromatic nitrogens is 2. The molecule has 0 saturated carbocycles. The predicted octanol–water partition coefficient (Wildman–Crippen LogP) is 6.03. The van der Waals surface area contributed by atoms with Crippen LogP contribution in [0.15, 0.2) is 72.8 Å². The van der Waals surface area contributed by atoms with E-state index in [2.05, 4.69) is 52.8 Å². The highest BCUT2D eigenvalue weighted by Crippen LogP contribution is 2.21. The molecule has 0 bridgehead atoms. The van der Waals surface area contributed by atoms with Crippen LogP contribution in [0.1, 0.15) is 33.5 Å². The summed E-state index contributed by atoms with van der Waals surface area (Å²) in [5.41, 5.74) is 5.73. The molecule has 4 aromatic rings. The van der Waals surface area contributed by atoms with E-state index in [0.29, 0.717) is 36.0 Å². The number of aryl methyl sites for hydroxylation is 1. The highest BCUT2D eigenvalue weighted by Gasteiger charge is 2.13. The average molecular weight is 443 g/mol. The van der Waals surface area contributed by atoms with Crippen molar-refractivity contribution in [3.8, 4) is 11.8 Å². The summed E-state index contributed by atoms with van der Waals surface area (Å²) in [7, 11) is 0. The summed E-state index contributed by atoms with van der Waals surface area (Å²) in [5, 5.41) is 20.8. The Labute approximate surface area is 192 Å².